The molecule has 0 bridgehead atoms. The lowest BCUT2D eigenvalue weighted by Gasteiger charge is -2.44. The fourth-order valence-corrected chi connectivity index (χ4v) is 4.07. The van der Waals surface area contributed by atoms with Gasteiger partial charge in [-0.2, -0.15) is 12.6 Å². The van der Waals surface area contributed by atoms with E-state index < -0.39 is 24.5 Å². The maximum atomic E-state index is 12.8. The number of fused-ring (bicyclic) bond motifs is 1. The van der Waals surface area contributed by atoms with Crippen LogP contribution >= 0.6 is 12.6 Å². The molecule has 1 saturated heterocycles. The molecule has 0 spiro atoms. The highest BCUT2D eigenvalue weighted by molar-refractivity contribution is 7.80. The van der Waals surface area contributed by atoms with Crippen LogP contribution in [0, 0.1) is 11.8 Å². The highest BCUT2D eigenvalue weighted by Crippen LogP contribution is 2.39. The van der Waals surface area contributed by atoms with Crippen molar-refractivity contribution in [3.63, 3.8) is 0 Å². The monoisotopic (exact) mass is 344 g/mol. The Hall–Kier alpha value is -1.28. The van der Waals surface area contributed by atoms with E-state index in [1.54, 1.807) is 0 Å². The zero-order valence-corrected chi connectivity index (χ0v) is 14.1. The number of piperidine rings is 1. The van der Waals surface area contributed by atoms with E-state index >= 15 is 0 Å². The smallest absolute Gasteiger partial charge is 0.450 e. The minimum Gasteiger partial charge on any atom is -0.450 e. The largest absolute Gasteiger partial charge is 0.507 e. The van der Waals surface area contributed by atoms with Crippen LogP contribution in [0.25, 0.3) is 0 Å². The van der Waals surface area contributed by atoms with Gasteiger partial charge in [-0.1, -0.05) is 12.8 Å². The molecule has 0 aromatic heterocycles. The number of ketones is 1. The van der Waals surface area contributed by atoms with Crippen molar-refractivity contribution in [2.75, 3.05) is 5.75 Å². The number of nitrogens with one attached hydrogen (secondary N) is 2. The molecule has 3 N–H and O–H groups in total. The van der Waals surface area contributed by atoms with E-state index in [9.17, 15) is 14.4 Å². The van der Waals surface area contributed by atoms with Crippen LogP contribution in [0.1, 0.15) is 39.0 Å². The summed E-state index contributed by atoms with van der Waals surface area (Å²) in [6, 6.07) is -1.19. The maximum Gasteiger partial charge on any atom is 0.507 e. The first kappa shape index (κ1) is 18.1. The minimum absolute atomic E-state index is 0.147. The van der Waals surface area contributed by atoms with Crippen molar-refractivity contribution in [3.8, 4) is 0 Å². The average Bonchev–Trinajstić information content (AvgIpc) is 2.50. The van der Waals surface area contributed by atoms with Gasteiger partial charge >= 0.3 is 6.16 Å². The number of ether oxygens (including phenoxy) is 1. The van der Waals surface area contributed by atoms with Gasteiger partial charge in [-0.3, -0.25) is 14.9 Å². The van der Waals surface area contributed by atoms with Gasteiger partial charge in [-0.05, 0) is 24.7 Å². The molecule has 5 atom stereocenters. The molecule has 1 heterocycles. The summed E-state index contributed by atoms with van der Waals surface area (Å²) >= 11 is 4.16. The molecule has 130 valence electrons. The highest BCUT2D eigenvalue weighted by Gasteiger charge is 2.44. The van der Waals surface area contributed by atoms with Gasteiger partial charge in [-0.15, -0.1) is 0 Å². The van der Waals surface area contributed by atoms with Crippen molar-refractivity contribution >= 4 is 30.5 Å². The molecular weight excluding hydrogens is 320 g/mol. The molecule has 0 aromatic carbocycles. The summed E-state index contributed by atoms with van der Waals surface area (Å²) in [5.41, 5.74) is 0. The van der Waals surface area contributed by atoms with Crippen LogP contribution in [-0.4, -0.2) is 47.0 Å². The summed E-state index contributed by atoms with van der Waals surface area (Å²) < 4.78 is 4.86. The molecule has 1 amide bonds. The topological polar surface area (TPSA) is 105 Å². The lowest BCUT2D eigenvalue weighted by atomic mass is 9.69. The van der Waals surface area contributed by atoms with Crippen molar-refractivity contribution in [2.45, 2.75) is 57.3 Å². The number of carboxylic acid groups (broad SMARTS) is 1. The lowest BCUT2D eigenvalue weighted by molar-refractivity contribution is -0.132. The predicted molar refractivity (Wildman–Crippen MR) is 86.4 cm³/mol. The summed E-state index contributed by atoms with van der Waals surface area (Å²) in [4.78, 5) is 34.9. The van der Waals surface area contributed by atoms with E-state index in [-0.39, 0.29) is 29.3 Å². The molecule has 2 aliphatic rings. The van der Waals surface area contributed by atoms with Gasteiger partial charge in [0.2, 0.25) is 5.91 Å². The third-order valence-electron chi connectivity index (χ3n) is 4.73. The Morgan fingerprint density at radius 1 is 1.35 bits per heavy atom. The average molecular weight is 344 g/mol. The molecule has 23 heavy (non-hydrogen) atoms. The number of hydrogen-bond donors (Lipinski definition) is 4. The Bertz CT molecular complexity index is 473. The maximum absolute atomic E-state index is 12.8. The van der Waals surface area contributed by atoms with Gasteiger partial charge in [0.25, 0.3) is 0 Å². The summed E-state index contributed by atoms with van der Waals surface area (Å²) in [5.74, 6) is 0.193. The van der Waals surface area contributed by atoms with Crippen molar-refractivity contribution in [2.24, 2.45) is 11.8 Å². The normalized spacial score (nSPS) is 31.6. The number of hydrogen-bond acceptors (Lipinski definition) is 6. The predicted octanol–water partition coefficient (Wildman–Crippen LogP) is 1.18. The van der Waals surface area contributed by atoms with Crippen molar-refractivity contribution in [1.82, 2.24) is 10.6 Å². The number of amides is 1. The number of thiol groups is 1. The van der Waals surface area contributed by atoms with Crippen LogP contribution in [0.2, 0.25) is 0 Å². The van der Waals surface area contributed by atoms with E-state index in [2.05, 4.69) is 23.3 Å². The fraction of sp³-hybridized carbons (Fsp3) is 0.800. The van der Waals surface area contributed by atoms with E-state index in [1.807, 2.05) is 0 Å². The first-order chi connectivity index (χ1) is 10.9. The molecule has 8 heteroatoms. The molecular formula is C15H24N2O5S. The second-order valence-corrected chi connectivity index (χ2v) is 6.66. The van der Waals surface area contributed by atoms with E-state index in [4.69, 9.17) is 9.84 Å². The van der Waals surface area contributed by atoms with Gasteiger partial charge in [0.05, 0.1) is 12.1 Å². The Morgan fingerprint density at radius 3 is 2.65 bits per heavy atom. The van der Waals surface area contributed by atoms with Gasteiger partial charge in [0, 0.05) is 19.1 Å². The number of Topliss-reactive ketones (excluding diaryl/α,β-unsaturated/α-hetero) is 1. The molecule has 2 fully saturated rings. The van der Waals surface area contributed by atoms with Crippen LogP contribution < -0.4 is 10.6 Å². The van der Waals surface area contributed by atoms with Crippen LogP contribution in [0.5, 0.6) is 0 Å². The molecule has 0 aromatic rings. The van der Waals surface area contributed by atoms with Crippen molar-refractivity contribution in [3.05, 3.63) is 0 Å². The second-order valence-electron chi connectivity index (χ2n) is 6.30. The Kier molecular flexibility index (Phi) is 6.29. The standard InChI is InChI=1S/C15H24N2O5S/c1-8(18)16-11(7-23)14(19)13-10-5-3-2-4-9(10)6-12(17-13)22-15(20)21/h9-13,17,23H,2-7H2,1H3,(H,16,18)(H,20,21)/t9?,10?,11-,12?,13?/m1/s1. The van der Waals surface area contributed by atoms with Gasteiger partial charge < -0.3 is 15.2 Å². The van der Waals surface area contributed by atoms with Crippen LogP contribution in [0.4, 0.5) is 4.79 Å². The lowest BCUT2D eigenvalue weighted by Crippen LogP contribution is -2.61. The Balaban J connectivity index is 2.15. The second kappa shape index (κ2) is 8.01. The van der Waals surface area contributed by atoms with Crippen molar-refractivity contribution in [1.29, 1.82) is 0 Å². The quantitative estimate of drug-likeness (QED) is 0.441. The third-order valence-corrected chi connectivity index (χ3v) is 5.10. The molecule has 1 saturated carbocycles. The van der Waals surface area contributed by atoms with Crippen molar-refractivity contribution < 1.29 is 24.2 Å². The van der Waals surface area contributed by atoms with Gasteiger partial charge in [0.1, 0.15) is 0 Å². The number of carbonyl (C=O) groups is 3. The zero-order chi connectivity index (χ0) is 17.0. The van der Waals surface area contributed by atoms with Gasteiger partial charge in [-0.25, -0.2) is 4.79 Å². The SMILES string of the molecule is CC(=O)N[C@H](CS)C(=O)C1NC(OC(=O)O)CC2CCCCC21. The van der Waals surface area contributed by atoms with E-state index in [1.165, 1.54) is 6.92 Å². The molecule has 1 aliphatic heterocycles. The molecule has 2 rings (SSSR count). The minimum atomic E-state index is -1.35. The van der Waals surface area contributed by atoms with Crippen LogP contribution in [-0.2, 0) is 14.3 Å². The fourth-order valence-electron chi connectivity index (χ4n) is 3.80. The zero-order valence-electron chi connectivity index (χ0n) is 13.2. The summed E-state index contributed by atoms with van der Waals surface area (Å²) in [7, 11) is 0. The highest BCUT2D eigenvalue weighted by atomic mass is 32.1. The van der Waals surface area contributed by atoms with Crippen LogP contribution in [0.3, 0.4) is 0 Å². The molecule has 7 nitrogen and oxygen atoms in total. The molecule has 0 radical (unpaired) electrons. The Morgan fingerprint density at radius 2 is 2.04 bits per heavy atom. The summed E-state index contributed by atoms with van der Waals surface area (Å²) in [5, 5.41) is 14.5. The third kappa shape index (κ3) is 4.60. The number of carbonyl (C=O) groups excluding carboxylic acids is 2. The van der Waals surface area contributed by atoms with Gasteiger partial charge in [0.15, 0.2) is 12.0 Å². The summed E-state index contributed by atoms with van der Waals surface area (Å²) in [6.45, 7) is 1.36. The first-order valence-electron chi connectivity index (χ1n) is 7.99. The number of rotatable bonds is 5. The summed E-state index contributed by atoms with van der Waals surface area (Å²) in [6.07, 6.45) is 2.60. The van der Waals surface area contributed by atoms with E-state index in [0.29, 0.717) is 6.42 Å². The molecule has 1 aliphatic carbocycles. The first-order valence-corrected chi connectivity index (χ1v) is 8.63. The van der Waals surface area contributed by atoms with Crippen LogP contribution in [0.15, 0.2) is 0 Å². The Labute approximate surface area is 140 Å². The van der Waals surface area contributed by atoms with E-state index in [0.717, 1.165) is 25.7 Å². The molecule has 4 unspecified atom stereocenters.